The van der Waals surface area contributed by atoms with Crippen LogP contribution in [-0.2, 0) is 38.2 Å². The van der Waals surface area contributed by atoms with Crippen molar-refractivity contribution in [2.75, 3.05) is 0 Å². The van der Waals surface area contributed by atoms with Crippen molar-refractivity contribution < 1.29 is 35.9 Å². The number of nitriles is 1. The zero-order chi connectivity index (χ0) is 63.5. The molecule has 0 N–H and O–H groups in total. The Balaban J connectivity index is 1.25. The number of aryl methyl sites for hydroxylation is 9. The molecule has 0 radical (unpaired) electrons. The minimum absolute atomic E-state index is 0.00713. The van der Waals surface area contributed by atoms with Gasteiger partial charge in [-0.1, -0.05) is 105 Å². The smallest absolute Gasteiger partial charge is 0.144 e. The van der Waals surface area contributed by atoms with Gasteiger partial charge in [-0.05, 0) is 151 Å². The largest absolute Gasteiger partial charge is 0.455 e. The molecule has 0 aliphatic carbocycles. The van der Waals surface area contributed by atoms with Gasteiger partial charge in [-0.3, -0.25) is 15.0 Å². The van der Waals surface area contributed by atoms with E-state index in [1.165, 1.54) is 32.0 Å². The lowest BCUT2D eigenvalue weighted by Crippen LogP contribution is -2.04. The van der Waals surface area contributed by atoms with Gasteiger partial charge in [0, 0.05) is 81.8 Å². The molecule has 0 aliphatic rings. The average molecular weight is 844 g/mol. The number of furan rings is 1. The Morgan fingerprint density at radius 2 is 1.14 bits per heavy atom. The van der Waals surface area contributed by atoms with Crippen molar-refractivity contribution in [1.82, 2.24) is 15.0 Å². The number of pyridine rings is 3. The topological polar surface area (TPSA) is 75.6 Å². The standard InChI is InChI=1S/C58H52N4O/c1-37(2)53-32-56(52-18-12-17-50-51-26-25-46(33-59)40(5)57(51)63-58(50)52)62-36-49(53)24-21-43-30-41(19-22-47-34-60-54(27-38(47)3)44-13-8-6-9-14-44)29-42(31-43)20-23-48-35-61-55(28-39(48)4)45-15-10-7-11-16-45/h6-18,25-32,34-37H,19-24H2,1-5H3/i3D3,4D3,5D3,19D2,20D2,21D2,22D2,23D2,24D2,25D,37D. The summed E-state index contributed by atoms with van der Waals surface area (Å²) in [7, 11) is 0. The molecule has 63 heavy (non-hydrogen) atoms. The fraction of sp³-hybridized carbons (Fsp3) is 0.207. The number of aromatic nitrogens is 3. The fourth-order valence-electron chi connectivity index (χ4n) is 7.11. The summed E-state index contributed by atoms with van der Waals surface area (Å²) in [4.78, 5) is 13.1. The molecule has 9 rings (SSSR count). The van der Waals surface area contributed by atoms with Crippen LogP contribution in [0.1, 0.15) is 112 Å². The Bertz CT molecular complexity index is 4010. The van der Waals surface area contributed by atoms with Crippen LogP contribution in [0.2, 0.25) is 0 Å². The molecule has 5 aromatic carbocycles. The minimum atomic E-state index is -3.57. The highest BCUT2D eigenvalue weighted by atomic mass is 16.3. The van der Waals surface area contributed by atoms with Crippen molar-refractivity contribution >= 4 is 21.9 Å². The van der Waals surface area contributed by atoms with E-state index in [0.29, 0.717) is 34.7 Å². The SMILES string of the molecule is [2H]c1cc2c(oc3c(-c4cc(C([2H])(C)C)c(C([2H])([2H])C([2H])([2H])c5cc(C([2H])([2H])C([2H])([2H])c6cnc(-c7ccccc7)cc6C([2H])([2H])[2H])cc(C([2H])([2H])C([2H])([2H])c6cnc(-c7ccccc7)cc6C([2H])([2H])[2H])c5)cn4)cccc32)c(C([2H])([2H])[2H])c1C#N. The second-order valence-electron chi connectivity index (χ2n) is 14.8. The summed E-state index contributed by atoms with van der Waals surface area (Å²) >= 11 is 0. The lowest BCUT2D eigenvalue weighted by atomic mass is 9.91. The highest BCUT2D eigenvalue weighted by molar-refractivity contribution is 6.10. The van der Waals surface area contributed by atoms with Crippen molar-refractivity contribution in [2.45, 2.75) is 78.5 Å². The molecule has 5 nitrogen and oxygen atoms in total. The summed E-state index contributed by atoms with van der Waals surface area (Å²) in [6.07, 6.45) is -18.4. The van der Waals surface area contributed by atoms with Gasteiger partial charge in [-0.15, -0.1) is 0 Å². The van der Waals surface area contributed by atoms with Gasteiger partial charge >= 0.3 is 0 Å². The number of hydrogen-bond acceptors (Lipinski definition) is 5. The first-order valence-corrected chi connectivity index (χ1v) is 19.8. The van der Waals surface area contributed by atoms with Crippen molar-refractivity contribution in [3.63, 3.8) is 0 Å². The van der Waals surface area contributed by atoms with Crippen LogP contribution >= 0.6 is 0 Å². The van der Waals surface area contributed by atoms with Crippen LogP contribution in [0.4, 0.5) is 0 Å². The van der Waals surface area contributed by atoms with Gasteiger partial charge in [0.05, 0.1) is 30.1 Å². The van der Waals surface area contributed by atoms with Crippen LogP contribution in [0.5, 0.6) is 0 Å². The third-order valence-corrected chi connectivity index (χ3v) is 10.3. The highest BCUT2D eigenvalue weighted by Crippen LogP contribution is 2.38. The van der Waals surface area contributed by atoms with E-state index in [1.54, 1.807) is 78.9 Å². The molecule has 0 saturated heterocycles. The van der Waals surface area contributed by atoms with Gasteiger partial charge in [0.15, 0.2) is 0 Å². The fourth-order valence-corrected chi connectivity index (χ4v) is 7.11. The van der Waals surface area contributed by atoms with E-state index >= 15 is 0 Å². The molecule has 310 valence electrons. The lowest BCUT2D eigenvalue weighted by molar-refractivity contribution is 0.666. The first-order valence-electron chi connectivity index (χ1n) is 31.3. The van der Waals surface area contributed by atoms with Crippen LogP contribution < -0.4 is 0 Å². The maximum absolute atomic E-state index is 9.90. The first-order chi connectivity index (χ1) is 39.6. The van der Waals surface area contributed by atoms with Crippen LogP contribution in [0.15, 0.2) is 150 Å². The number of rotatable bonds is 13. The van der Waals surface area contributed by atoms with Crippen LogP contribution in [0, 0.1) is 31.9 Å². The quantitative estimate of drug-likeness (QED) is 0.116. The lowest BCUT2D eigenvalue weighted by Gasteiger charge is -2.16. The Morgan fingerprint density at radius 3 is 1.68 bits per heavy atom. The maximum atomic E-state index is 9.90. The van der Waals surface area contributed by atoms with E-state index < -0.39 is 120 Å². The molecule has 0 spiro atoms. The Morgan fingerprint density at radius 1 is 0.603 bits per heavy atom. The zero-order valence-corrected chi connectivity index (χ0v) is 34.0. The summed E-state index contributed by atoms with van der Waals surface area (Å²) in [5.74, 6) is -1.82. The number of nitrogens with zero attached hydrogens (tertiary/aromatic N) is 4. The van der Waals surface area contributed by atoms with Crippen LogP contribution in [0.25, 0.3) is 55.7 Å². The third-order valence-electron chi connectivity index (χ3n) is 10.3. The predicted octanol–water partition coefficient (Wildman–Crippen LogP) is 14.0. The van der Waals surface area contributed by atoms with E-state index in [-0.39, 0.29) is 50.8 Å². The molecule has 0 aliphatic heterocycles. The molecular weight excluding hydrogens is 769 g/mol. The van der Waals surface area contributed by atoms with Gasteiger partial charge in [0.25, 0.3) is 0 Å². The molecule has 0 bridgehead atoms. The average Bonchev–Trinajstić information content (AvgIpc) is 1.04. The highest BCUT2D eigenvalue weighted by Gasteiger charge is 2.18. The van der Waals surface area contributed by atoms with E-state index in [0.717, 1.165) is 30.7 Å². The van der Waals surface area contributed by atoms with E-state index in [1.807, 2.05) is 0 Å². The van der Waals surface area contributed by atoms with Crippen molar-refractivity contribution in [3.8, 4) is 39.8 Å². The van der Waals surface area contributed by atoms with Crippen molar-refractivity contribution in [3.05, 3.63) is 207 Å². The molecule has 0 amide bonds. The summed E-state index contributed by atoms with van der Waals surface area (Å²) in [6.45, 7) is -6.42. The van der Waals surface area contributed by atoms with E-state index in [2.05, 4.69) is 15.0 Å². The first kappa shape index (κ1) is 22.3. The third kappa shape index (κ3) is 8.81. The molecule has 0 fully saturated rings. The molecule has 0 saturated carbocycles. The number of benzene rings is 5. The van der Waals surface area contributed by atoms with Gasteiger partial charge in [0.2, 0.25) is 0 Å². The Hall–Kier alpha value is -7.16. The number of hydrogen-bond donors (Lipinski definition) is 0. The van der Waals surface area contributed by atoms with Gasteiger partial charge in [-0.25, -0.2) is 0 Å². The van der Waals surface area contributed by atoms with Gasteiger partial charge in [0.1, 0.15) is 11.2 Å². The zero-order valence-electron chi connectivity index (χ0n) is 57.0. The van der Waals surface area contributed by atoms with E-state index in [4.69, 9.17) is 18.1 Å². The second-order valence-corrected chi connectivity index (χ2v) is 14.8. The van der Waals surface area contributed by atoms with Gasteiger partial charge in [-0.2, -0.15) is 5.26 Å². The summed E-state index contributed by atoms with van der Waals surface area (Å²) in [6, 6.07) is 29.4. The van der Waals surface area contributed by atoms with Crippen molar-refractivity contribution in [2.24, 2.45) is 0 Å². The molecule has 5 heteroatoms. The number of fused-ring (bicyclic) bond motifs is 3. The summed E-state index contributed by atoms with van der Waals surface area (Å²) < 4.78 is 215. The summed E-state index contributed by atoms with van der Waals surface area (Å²) in [5.41, 5.74) is -6.41. The molecule has 9 aromatic rings. The Labute approximate surface area is 403 Å². The molecular formula is C58H52N4O. The molecule has 0 unspecified atom stereocenters. The number of para-hydroxylation sites is 1. The van der Waals surface area contributed by atoms with Crippen LogP contribution in [0.3, 0.4) is 0 Å². The Kier molecular flexibility index (Phi) is 6.38. The molecule has 4 aromatic heterocycles. The molecule has 0 atom stereocenters. The normalized spacial score (nSPS) is 19.0. The maximum Gasteiger partial charge on any atom is 0.144 e. The molecule has 4 heterocycles. The van der Waals surface area contributed by atoms with Crippen LogP contribution in [-0.4, -0.2) is 15.0 Å². The summed E-state index contributed by atoms with van der Waals surface area (Å²) in [5, 5.41) is 10.4. The predicted molar refractivity (Wildman–Crippen MR) is 258 cm³/mol. The van der Waals surface area contributed by atoms with E-state index in [9.17, 15) is 23.1 Å². The monoisotopic (exact) mass is 844 g/mol. The van der Waals surface area contributed by atoms with Crippen molar-refractivity contribution in [1.29, 1.82) is 5.26 Å². The van der Waals surface area contributed by atoms with Gasteiger partial charge < -0.3 is 4.42 Å². The second kappa shape index (κ2) is 18.1. The minimum Gasteiger partial charge on any atom is -0.455 e.